The summed E-state index contributed by atoms with van der Waals surface area (Å²) in [6.45, 7) is 0. The van der Waals surface area contributed by atoms with E-state index in [9.17, 15) is 14.7 Å². The van der Waals surface area contributed by atoms with Crippen molar-refractivity contribution in [2.24, 2.45) is 0 Å². The number of aromatic hydroxyl groups is 1. The maximum absolute atomic E-state index is 12.7. The Morgan fingerprint density at radius 3 is 2.25 bits per heavy atom. The van der Waals surface area contributed by atoms with Gasteiger partial charge in [-0.2, -0.15) is 5.01 Å². The smallest absolute Gasteiger partial charge is 0.280 e. The molecule has 0 unspecified atom stereocenters. The summed E-state index contributed by atoms with van der Waals surface area (Å²) in [6.07, 6.45) is 0. The van der Waals surface area contributed by atoms with Crippen LogP contribution in [0.4, 0.5) is 5.69 Å². The first-order valence-corrected chi connectivity index (χ1v) is 7.60. The van der Waals surface area contributed by atoms with E-state index < -0.39 is 11.8 Å². The molecular formula is C18H11ClN2O3. The number of hydrogen-bond acceptors (Lipinski definition) is 4. The Hall–Kier alpha value is -3.05. The lowest BCUT2D eigenvalue weighted by Crippen LogP contribution is -2.44. The van der Waals surface area contributed by atoms with Crippen molar-refractivity contribution in [2.45, 2.75) is 0 Å². The number of carbonyl (C=O) groups excluding carboxylic acids is 2. The van der Waals surface area contributed by atoms with Gasteiger partial charge in [0.2, 0.25) is 0 Å². The fraction of sp³-hybridized carbons (Fsp3) is 0. The minimum atomic E-state index is -0.473. The Labute approximate surface area is 142 Å². The van der Waals surface area contributed by atoms with E-state index in [0.29, 0.717) is 32.6 Å². The number of nitrogens with zero attached hydrogens (tertiary/aromatic N) is 1. The number of imide groups is 1. The molecule has 1 aliphatic heterocycles. The molecule has 5 nitrogen and oxygen atoms in total. The van der Waals surface area contributed by atoms with Gasteiger partial charge < -0.3 is 5.11 Å². The Kier molecular flexibility index (Phi) is 3.18. The average molecular weight is 339 g/mol. The molecule has 3 aromatic rings. The molecule has 0 saturated carbocycles. The summed E-state index contributed by atoms with van der Waals surface area (Å²) in [5, 5.41) is 12.5. The van der Waals surface area contributed by atoms with Crippen molar-refractivity contribution >= 4 is 39.9 Å². The first-order chi connectivity index (χ1) is 11.6. The topological polar surface area (TPSA) is 69.6 Å². The van der Waals surface area contributed by atoms with Crippen LogP contribution in [0.25, 0.3) is 10.8 Å². The van der Waals surface area contributed by atoms with Crippen LogP contribution in [0.1, 0.15) is 20.7 Å². The van der Waals surface area contributed by atoms with E-state index in [4.69, 9.17) is 11.6 Å². The molecular weight excluding hydrogens is 328 g/mol. The molecule has 2 N–H and O–H groups in total. The zero-order valence-corrected chi connectivity index (χ0v) is 13.0. The molecule has 0 bridgehead atoms. The van der Waals surface area contributed by atoms with Crippen LogP contribution in [0.3, 0.4) is 0 Å². The SMILES string of the molecule is O=C1c2cccc3c(O)ccc(c23)C(=O)N1Nc1ccc(Cl)cc1. The van der Waals surface area contributed by atoms with Gasteiger partial charge in [-0.25, -0.2) is 0 Å². The Balaban J connectivity index is 1.83. The zero-order chi connectivity index (χ0) is 16.8. The summed E-state index contributed by atoms with van der Waals surface area (Å²) in [7, 11) is 0. The average Bonchev–Trinajstić information content (AvgIpc) is 2.59. The summed E-state index contributed by atoms with van der Waals surface area (Å²) >= 11 is 5.85. The van der Waals surface area contributed by atoms with E-state index >= 15 is 0 Å². The fourth-order valence-electron chi connectivity index (χ4n) is 2.84. The van der Waals surface area contributed by atoms with Gasteiger partial charge >= 0.3 is 0 Å². The number of anilines is 1. The lowest BCUT2D eigenvalue weighted by molar-refractivity contribution is 0.0649. The number of nitrogens with one attached hydrogen (secondary N) is 1. The van der Waals surface area contributed by atoms with Crippen LogP contribution in [-0.2, 0) is 0 Å². The lowest BCUT2D eigenvalue weighted by Gasteiger charge is -2.28. The number of halogens is 1. The van der Waals surface area contributed by atoms with Gasteiger partial charge in [-0.05, 0) is 42.5 Å². The highest BCUT2D eigenvalue weighted by Gasteiger charge is 2.33. The standard InChI is InChI=1S/C18H11ClN2O3/c19-10-4-6-11(7-5-10)20-21-17(23)13-3-1-2-12-15(22)9-8-14(16(12)13)18(21)24/h1-9,20,22H. The van der Waals surface area contributed by atoms with E-state index in [-0.39, 0.29) is 5.75 Å². The van der Waals surface area contributed by atoms with Gasteiger partial charge in [-0.3, -0.25) is 15.0 Å². The molecule has 0 atom stereocenters. The summed E-state index contributed by atoms with van der Waals surface area (Å²) in [6, 6.07) is 14.6. The predicted molar refractivity (Wildman–Crippen MR) is 91.2 cm³/mol. The van der Waals surface area contributed by atoms with Crippen LogP contribution in [-0.4, -0.2) is 21.9 Å². The molecule has 0 fully saturated rings. The fourth-order valence-corrected chi connectivity index (χ4v) is 2.96. The zero-order valence-electron chi connectivity index (χ0n) is 12.3. The minimum Gasteiger partial charge on any atom is -0.507 e. The highest BCUT2D eigenvalue weighted by atomic mass is 35.5. The van der Waals surface area contributed by atoms with Crippen LogP contribution in [0.2, 0.25) is 5.02 Å². The van der Waals surface area contributed by atoms with Crippen molar-refractivity contribution in [1.29, 1.82) is 0 Å². The van der Waals surface area contributed by atoms with Crippen molar-refractivity contribution in [3.63, 3.8) is 0 Å². The third-order valence-electron chi connectivity index (χ3n) is 3.97. The first kappa shape index (κ1) is 14.5. The molecule has 2 amide bonds. The van der Waals surface area contributed by atoms with Gasteiger partial charge in [0, 0.05) is 15.8 Å². The second-order valence-electron chi connectivity index (χ2n) is 5.42. The van der Waals surface area contributed by atoms with Crippen LogP contribution in [0, 0.1) is 0 Å². The Morgan fingerprint density at radius 1 is 0.875 bits per heavy atom. The molecule has 0 spiro atoms. The number of amides is 2. The summed E-state index contributed by atoms with van der Waals surface area (Å²) < 4.78 is 0. The van der Waals surface area contributed by atoms with Crippen LogP contribution in [0.15, 0.2) is 54.6 Å². The van der Waals surface area contributed by atoms with Crippen molar-refractivity contribution in [2.75, 3.05) is 5.43 Å². The van der Waals surface area contributed by atoms with E-state index in [1.165, 1.54) is 12.1 Å². The molecule has 0 saturated heterocycles. The van der Waals surface area contributed by atoms with Crippen molar-refractivity contribution in [3.8, 4) is 5.75 Å². The van der Waals surface area contributed by atoms with Gasteiger partial charge in [0.05, 0.1) is 16.8 Å². The van der Waals surface area contributed by atoms with Gasteiger partial charge in [0.25, 0.3) is 11.8 Å². The maximum Gasteiger partial charge on any atom is 0.280 e. The maximum atomic E-state index is 12.7. The number of phenolic OH excluding ortho intramolecular Hbond substituents is 1. The monoisotopic (exact) mass is 338 g/mol. The van der Waals surface area contributed by atoms with Crippen LogP contribution < -0.4 is 5.43 Å². The van der Waals surface area contributed by atoms with E-state index in [1.807, 2.05) is 0 Å². The molecule has 24 heavy (non-hydrogen) atoms. The number of phenols is 1. The number of carbonyl (C=O) groups is 2. The van der Waals surface area contributed by atoms with Crippen molar-refractivity contribution < 1.29 is 14.7 Å². The molecule has 0 radical (unpaired) electrons. The van der Waals surface area contributed by atoms with Gasteiger partial charge in [-0.1, -0.05) is 23.7 Å². The molecule has 6 heteroatoms. The van der Waals surface area contributed by atoms with Crippen LogP contribution in [0.5, 0.6) is 5.75 Å². The van der Waals surface area contributed by atoms with Crippen LogP contribution >= 0.6 is 11.6 Å². The largest absolute Gasteiger partial charge is 0.507 e. The normalized spacial score (nSPS) is 13.5. The number of hydrazine groups is 1. The lowest BCUT2D eigenvalue weighted by atomic mass is 9.94. The number of hydrogen-bond donors (Lipinski definition) is 2. The Bertz CT molecular complexity index is 977. The van der Waals surface area contributed by atoms with Gasteiger partial charge in [-0.15, -0.1) is 0 Å². The first-order valence-electron chi connectivity index (χ1n) is 7.22. The molecule has 3 aromatic carbocycles. The third kappa shape index (κ3) is 2.10. The predicted octanol–water partition coefficient (Wildman–Crippen LogP) is 3.82. The number of benzene rings is 3. The van der Waals surface area contributed by atoms with Gasteiger partial charge in [0.15, 0.2) is 0 Å². The summed E-state index contributed by atoms with van der Waals surface area (Å²) in [4.78, 5) is 25.5. The minimum absolute atomic E-state index is 0.0373. The van der Waals surface area contributed by atoms with Crippen molar-refractivity contribution in [1.82, 2.24) is 5.01 Å². The molecule has 118 valence electrons. The third-order valence-corrected chi connectivity index (χ3v) is 4.22. The highest BCUT2D eigenvalue weighted by molar-refractivity contribution is 6.30. The molecule has 1 aliphatic rings. The second kappa shape index (κ2) is 5.25. The number of rotatable bonds is 2. The van der Waals surface area contributed by atoms with Crippen molar-refractivity contribution in [3.05, 3.63) is 70.7 Å². The quantitative estimate of drug-likeness (QED) is 0.697. The Morgan fingerprint density at radius 2 is 1.54 bits per heavy atom. The summed E-state index contributed by atoms with van der Waals surface area (Å²) in [5.41, 5.74) is 4.11. The summed E-state index contributed by atoms with van der Waals surface area (Å²) in [5.74, 6) is -0.910. The molecule has 0 aliphatic carbocycles. The highest BCUT2D eigenvalue weighted by Crippen LogP contribution is 2.34. The van der Waals surface area contributed by atoms with E-state index in [1.54, 1.807) is 42.5 Å². The van der Waals surface area contributed by atoms with Gasteiger partial charge in [0.1, 0.15) is 5.75 Å². The molecule has 4 rings (SSSR count). The second-order valence-corrected chi connectivity index (χ2v) is 5.86. The van der Waals surface area contributed by atoms with E-state index in [0.717, 1.165) is 5.01 Å². The molecule has 0 aromatic heterocycles. The van der Waals surface area contributed by atoms with E-state index in [2.05, 4.69) is 5.43 Å². The molecule has 1 heterocycles.